The second-order valence-corrected chi connectivity index (χ2v) is 9.15. The number of fused-ring (bicyclic) bond motifs is 1. The minimum atomic E-state index is -0.469. The Morgan fingerprint density at radius 2 is 1.97 bits per heavy atom. The van der Waals surface area contributed by atoms with E-state index in [1.807, 2.05) is 35.7 Å². The Morgan fingerprint density at radius 1 is 1.15 bits per heavy atom. The van der Waals surface area contributed by atoms with Crippen LogP contribution in [0.3, 0.4) is 0 Å². The zero-order valence-electron chi connectivity index (χ0n) is 18.8. The molecule has 0 saturated carbocycles. The van der Waals surface area contributed by atoms with Crippen LogP contribution >= 0.6 is 23.1 Å². The van der Waals surface area contributed by atoms with E-state index in [0.717, 1.165) is 16.5 Å². The van der Waals surface area contributed by atoms with Crippen LogP contribution in [0.15, 0.2) is 63.9 Å². The van der Waals surface area contributed by atoms with Crippen LogP contribution < -0.4 is 10.9 Å². The number of ether oxygens (including phenoxy) is 2. The van der Waals surface area contributed by atoms with Crippen LogP contribution in [-0.2, 0) is 21.8 Å². The van der Waals surface area contributed by atoms with Crippen LogP contribution in [0.5, 0.6) is 0 Å². The van der Waals surface area contributed by atoms with Crippen molar-refractivity contribution in [1.29, 1.82) is 0 Å². The first-order valence-electron chi connectivity index (χ1n) is 10.6. The number of nitrogens with one attached hydrogen (secondary N) is 1. The number of carbonyl (C=O) groups excluding carboxylic acids is 1. The first kappa shape index (κ1) is 23.9. The normalized spacial score (nSPS) is 11.0. The van der Waals surface area contributed by atoms with Gasteiger partial charge < -0.3 is 14.8 Å². The molecule has 0 aliphatic carbocycles. The first-order chi connectivity index (χ1) is 16.6. The average Bonchev–Trinajstić information content (AvgIpc) is 3.31. The number of esters is 1. The predicted molar refractivity (Wildman–Crippen MR) is 135 cm³/mol. The summed E-state index contributed by atoms with van der Waals surface area (Å²) in [7, 11) is 2.96. The van der Waals surface area contributed by atoms with Crippen LogP contribution in [0, 0.1) is 0 Å². The summed E-state index contributed by atoms with van der Waals surface area (Å²) in [6.45, 7) is 1.02. The lowest BCUT2D eigenvalue weighted by Crippen LogP contribution is -2.24. The Labute approximate surface area is 205 Å². The fourth-order valence-corrected chi connectivity index (χ4v) is 5.09. The highest BCUT2D eigenvalue weighted by molar-refractivity contribution is 7.98. The molecule has 2 aromatic heterocycles. The molecule has 1 N–H and O–H groups in total. The predicted octanol–water partition coefficient (Wildman–Crippen LogP) is 4.71. The lowest BCUT2D eigenvalue weighted by Gasteiger charge is -2.13. The van der Waals surface area contributed by atoms with Crippen molar-refractivity contribution in [3.05, 3.63) is 75.5 Å². The number of nitrogens with zero attached hydrogens (tertiary/aromatic N) is 3. The van der Waals surface area contributed by atoms with Gasteiger partial charge in [-0.1, -0.05) is 30.0 Å². The molecule has 4 rings (SSSR count). The van der Waals surface area contributed by atoms with Crippen molar-refractivity contribution in [1.82, 2.24) is 14.5 Å². The molecule has 0 fully saturated rings. The highest BCUT2D eigenvalue weighted by Gasteiger charge is 2.15. The first-order valence-corrected chi connectivity index (χ1v) is 12.5. The molecule has 0 aliphatic heterocycles. The monoisotopic (exact) mass is 496 g/mol. The van der Waals surface area contributed by atoms with Crippen molar-refractivity contribution in [2.75, 3.05) is 26.1 Å². The van der Waals surface area contributed by atoms with Gasteiger partial charge in [0.2, 0.25) is 0 Å². The summed E-state index contributed by atoms with van der Waals surface area (Å²) >= 11 is 2.96. The van der Waals surface area contributed by atoms with E-state index in [0.29, 0.717) is 46.9 Å². The van der Waals surface area contributed by atoms with E-state index in [4.69, 9.17) is 14.5 Å². The molecule has 0 radical (unpaired) electrons. The van der Waals surface area contributed by atoms with Crippen molar-refractivity contribution in [2.45, 2.75) is 23.9 Å². The minimum absolute atomic E-state index is 0.148. The van der Waals surface area contributed by atoms with Gasteiger partial charge in [-0.2, -0.15) is 0 Å². The molecule has 0 spiro atoms. The van der Waals surface area contributed by atoms with Crippen molar-refractivity contribution in [3.8, 4) is 0 Å². The van der Waals surface area contributed by atoms with Gasteiger partial charge in [0.25, 0.3) is 5.56 Å². The maximum Gasteiger partial charge on any atom is 0.337 e. The van der Waals surface area contributed by atoms with Gasteiger partial charge in [0.1, 0.15) is 0 Å². The second-order valence-electron chi connectivity index (χ2n) is 7.34. The van der Waals surface area contributed by atoms with Gasteiger partial charge >= 0.3 is 5.97 Å². The molecule has 10 heteroatoms. The Morgan fingerprint density at radius 3 is 2.74 bits per heavy atom. The Kier molecular flexibility index (Phi) is 7.94. The number of methoxy groups -OCH3 is 2. The Hall–Kier alpha value is -3.21. The maximum absolute atomic E-state index is 13.2. The van der Waals surface area contributed by atoms with Crippen LogP contribution in [0.1, 0.15) is 22.5 Å². The quantitative estimate of drug-likeness (QED) is 0.146. The number of thioether (sulfide) groups is 1. The third-order valence-corrected chi connectivity index (χ3v) is 6.81. The van der Waals surface area contributed by atoms with E-state index in [1.54, 1.807) is 29.9 Å². The Bertz CT molecular complexity index is 1340. The highest BCUT2D eigenvalue weighted by atomic mass is 32.2. The molecule has 0 amide bonds. The molecule has 8 nitrogen and oxygen atoms in total. The molecular formula is C24H24N4O4S2. The number of carbonyl (C=O) groups is 1. The van der Waals surface area contributed by atoms with Crippen molar-refractivity contribution in [2.24, 2.45) is 0 Å². The number of para-hydroxylation sites is 1. The fraction of sp³-hybridized carbons (Fsp3) is 0.250. The van der Waals surface area contributed by atoms with E-state index >= 15 is 0 Å². The molecule has 0 bridgehead atoms. The second kappa shape index (κ2) is 11.3. The summed E-state index contributed by atoms with van der Waals surface area (Å²) in [5.41, 5.74) is 2.52. The summed E-state index contributed by atoms with van der Waals surface area (Å²) in [6, 6.07) is 14.7. The van der Waals surface area contributed by atoms with Gasteiger partial charge in [0.15, 0.2) is 10.3 Å². The molecular weight excluding hydrogens is 472 g/mol. The zero-order chi connectivity index (χ0) is 23.9. The number of anilines is 2. The summed E-state index contributed by atoms with van der Waals surface area (Å²) in [5, 5.41) is 7.11. The summed E-state index contributed by atoms with van der Waals surface area (Å²) in [6.07, 6.45) is 0.680. The van der Waals surface area contributed by atoms with Gasteiger partial charge in [-0.3, -0.25) is 9.36 Å². The van der Waals surface area contributed by atoms with Crippen molar-refractivity contribution < 1.29 is 14.3 Å². The lowest BCUT2D eigenvalue weighted by molar-refractivity contribution is 0.0601. The molecule has 34 heavy (non-hydrogen) atoms. The smallest absolute Gasteiger partial charge is 0.337 e. The Balaban J connectivity index is 1.59. The lowest BCUT2D eigenvalue weighted by atomic mass is 10.1. The highest BCUT2D eigenvalue weighted by Crippen LogP contribution is 2.26. The SMILES string of the molecule is COCCCn1c(SCc2csc(Nc3ccccc3)n2)nc2cc(C(=O)OC)ccc2c1=O. The van der Waals surface area contributed by atoms with Crippen LogP contribution in [0.25, 0.3) is 10.9 Å². The van der Waals surface area contributed by atoms with Crippen LogP contribution in [0.2, 0.25) is 0 Å². The molecule has 0 saturated heterocycles. The standard InChI is InChI=1S/C24H24N4O4S2/c1-31-12-6-11-28-21(29)19-10-9-16(22(30)32-2)13-20(19)27-24(28)34-15-18-14-33-23(26-18)25-17-7-4-3-5-8-17/h3-5,7-10,13-14H,6,11-12,15H2,1-2H3,(H,25,26). The molecule has 176 valence electrons. The molecule has 2 heterocycles. The fourth-order valence-electron chi connectivity index (χ4n) is 3.33. The van der Waals surface area contributed by atoms with E-state index in [9.17, 15) is 9.59 Å². The summed E-state index contributed by atoms with van der Waals surface area (Å²) in [5.74, 6) is 0.0781. The summed E-state index contributed by atoms with van der Waals surface area (Å²) in [4.78, 5) is 34.6. The number of hydrogen-bond acceptors (Lipinski definition) is 9. The van der Waals surface area contributed by atoms with Crippen molar-refractivity contribution in [3.63, 3.8) is 0 Å². The molecule has 4 aromatic rings. The number of aromatic nitrogens is 3. The molecule has 2 aromatic carbocycles. The van der Waals surface area contributed by atoms with E-state index in [2.05, 4.69) is 10.3 Å². The van der Waals surface area contributed by atoms with Crippen LogP contribution in [0.4, 0.5) is 10.8 Å². The molecule has 0 unspecified atom stereocenters. The third kappa shape index (κ3) is 5.64. The van der Waals surface area contributed by atoms with Crippen LogP contribution in [-0.4, -0.2) is 41.3 Å². The van der Waals surface area contributed by atoms with Gasteiger partial charge in [-0.15, -0.1) is 11.3 Å². The molecule has 0 atom stereocenters. The number of hydrogen-bond donors (Lipinski definition) is 1. The largest absolute Gasteiger partial charge is 0.465 e. The molecule has 0 aliphatic rings. The van der Waals surface area contributed by atoms with Gasteiger partial charge in [0, 0.05) is 37.1 Å². The van der Waals surface area contributed by atoms with Crippen molar-refractivity contribution >= 4 is 50.8 Å². The number of rotatable bonds is 10. The van der Waals surface area contributed by atoms with E-state index in [1.165, 1.54) is 30.2 Å². The topological polar surface area (TPSA) is 95.3 Å². The third-order valence-electron chi connectivity index (χ3n) is 5.00. The maximum atomic E-state index is 13.2. The average molecular weight is 497 g/mol. The van der Waals surface area contributed by atoms with E-state index < -0.39 is 5.97 Å². The van der Waals surface area contributed by atoms with Gasteiger partial charge in [-0.05, 0) is 36.8 Å². The van der Waals surface area contributed by atoms with E-state index in [-0.39, 0.29) is 5.56 Å². The number of benzene rings is 2. The number of thiazole rings is 1. The van der Waals surface area contributed by atoms with Gasteiger partial charge in [-0.25, -0.2) is 14.8 Å². The van der Waals surface area contributed by atoms with Gasteiger partial charge in [0.05, 0.1) is 29.3 Å². The summed E-state index contributed by atoms with van der Waals surface area (Å²) < 4.78 is 11.6. The zero-order valence-corrected chi connectivity index (χ0v) is 20.4. The minimum Gasteiger partial charge on any atom is -0.465 e.